The molecule has 0 aromatic heterocycles. The molecule has 0 fully saturated rings. The Morgan fingerprint density at radius 2 is 1.58 bits per heavy atom. The van der Waals surface area contributed by atoms with Crippen LogP contribution in [0, 0.1) is 5.92 Å². The van der Waals surface area contributed by atoms with Crippen LogP contribution in [0.1, 0.15) is 46.5 Å². The van der Waals surface area contributed by atoms with E-state index in [1.807, 2.05) is 0 Å². The highest BCUT2D eigenvalue weighted by atomic mass is 16.1. The van der Waals surface area contributed by atoms with Crippen molar-refractivity contribution < 1.29 is 4.79 Å². The molecule has 1 nitrogen and oxygen atoms in total. The predicted octanol–water partition coefficient (Wildman–Crippen LogP) is 3.10. The van der Waals surface area contributed by atoms with Gasteiger partial charge in [-0.15, -0.1) is 0 Å². The van der Waals surface area contributed by atoms with Gasteiger partial charge in [0.2, 0.25) is 0 Å². The van der Waals surface area contributed by atoms with Crippen LogP contribution in [-0.4, -0.2) is 5.78 Å². The van der Waals surface area contributed by atoms with Gasteiger partial charge in [0.05, 0.1) is 5.92 Å². The van der Waals surface area contributed by atoms with Crippen molar-refractivity contribution >= 4 is 5.78 Å². The quantitative estimate of drug-likeness (QED) is 0.573. The Morgan fingerprint density at radius 3 is 1.83 bits per heavy atom. The lowest BCUT2D eigenvalue weighted by Gasteiger charge is -1.92. The Kier molecular flexibility index (Phi) is 3.07. The van der Waals surface area contributed by atoms with Gasteiger partial charge in [0.25, 0.3) is 0 Å². The summed E-state index contributed by atoms with van der Waals surface area (Å²) in [5.41, 5.74) is 2.90. The van der Waals surface area contributed by atoms with E-state index >= 15 is 0 Å². The first kappa shape index (κ1) is 9.50. The molecule has 0 N–H and O–H groups in total. The van der Waals surface area contributed by atoms with Crippen LogP contribution in [0.4, 0.5) is 0 Å². The van der Waals surface area contributed by atoms with Gasteiger partial charge >= 0.3 is 0 Å². The number of hydrogen-bond acceptors (Lipinski definition) is 1. The number of rotatable bonds is 5. The van der Waals surface area contributed by atoms with Gasteiger partial charge < -0.3 is 0 Å². The highest BCUT2D eigenvalue weighted by Crippen LogP contribution is 2.45. The molecule has 68 valence electrons. The Bertz CT molecular complexity index is 197. The molecule has 0 radical (unpaired) electrons. The van der Waals surface area contributed by atoms with Crippen LogP contribution in [0.2, 0.25) is 0 Å². The molecule has 1 rings (SSSR count). The second-order valence-corrected chi connectivity index (χ2v) is 3.59. The predicted molar refractivity (Wildman–Crippen MR) is 51.0 cm³/mol. The molecular formula is C11H18O. The highest BCUT2D eigenvalue weighted by molar-refractivity contribution is 5.90. The Hall–Kier alpha value is -0.590. The summed E-state index contributed by atoms with van der Waals surface area (Å²) in [6, 6.07) is 0. The Labute approximate surface area is 74.9 Å². The molecule has 1 aliphatic carbocycles. The van der Waals surface area contributed by atoms with Gasteiger partial charge in [-0.25, -0.2) is 0 Å². The molecule has 0 amide bonds. The smallest absolute Gasteiger partial charge is 0.140 e. The highest BCUT2D eigenvalue weighted by Gasteiger charge is 2.37. The minimum atomic E-state index is 0.268. The summed E-state index contributed by atoms with van der Waals surface area (Å²) in [5, 5.41) is 0. The zero-order valence-corrected chi connectivity index (χ0v) is 8.31. The number of carbonyl (C=O) groups excluding carboxylic acids is 1. The van der Waals surface area contributed by atoms with E-state index in [-0.39, 0.29) is 5.92 Å². The van der Waals surface area contributed by atoms with E-state index in [2.05, 4.69) is 13.8 Å². The summed E-state index contributed by atoms with van der Waals surface area (Å²) >= 11 is 0. The fourth-order valence-corrected chi connectivity index (χ4v) is 1.96. The van der Waals surface area contributed by atoms with E-state index in [1.165, 1.54) is 24.0 Å². The van der Waals surface area contributed by atoms with Gasteiger partial charge in [-0.2, -0.15) is 0 Å². The Balaban J connectivity index is 2.49. The largest absolute Gasteiger partial charge is 0.299 e. The van der Waals surface area contributed by atoms with Crippen molar-refractivity contribution in [3.05, 3.63) is 11.1 Å². The number of allylic oxidation sites excluding steroid dienone is 2. The summed E-state index contributed by atoms with van der Waals surface area (Å²) < 4.78 is 0. The lowest BCUT2D eigenvalue weighted by molar-refractivity contribution is -0.117. The molecular weight excluding hydrogens is 148 g/mol. The summed E-state index contributed by atoms with van der Waals surface area (Å²) in [6.45, 7) is 6.06. The van der Waals surface area contributed by atoms with Crippen LogP contribution in [0.5, 0.6) is 0 Å². The third-order valence-electron chi connectivity index (χ3n) is 2.47. The first-order chi connectivity index (χ1) is 5.72. The van der Waals surface area contributed by atoms with Gasteiger partial charge in [0.1, 0.15) is 5.78 Å². The first-order valence-electron chi connectivity index (χ1n) is 4.94. The van der Waals surface area contributed by atoms with Gasteiger partial charge in [-0.3, -0.25) is 4.79 Å². The number of ketones is 1. The Morgan fingerprint density at radius 1 is 1.17 bits per heavy atom. The maximum absolute atomic E-state index is 11.1. The topological polar surface area (TPSA) is 17.1 Å². The van der Waals surface area contributed by atoms with Crippen LogP contribution in [0.3, 0.4) is 0 Å². The summed E-state index contributed by atoms with van der Waals surface area (Å²) in [5.74, 6) is 0.617. The van der Waals surface area contributed by atoms with E-state index in [0.29, 0.717) is 5.78 Å². The van der Waals surface area contributed by atoms with Gasteiger partial charge in [-0.05, 0) is 19.8 Å². The molecule has 0 spiro atoms. The normalized spacial score (nSPS) is 16.9. The lowest BCUT2D eigenvalue weighted by atomic mass is 10.1. The standard InChI is InChI=1S/C11H18O/c1-4-6-9-10(7-5-2)11(9)8(3)12/h11H,4-7H2,1-3H3. The molecule has 0 saturated heterocycles. The third-order valence-corrected chi connectivity index (χ3v) is 2.47. The average molecular weight is 166 g/mol. The van der Waals surface area contributed by atoms with E-state index in [9.17, 15) is 4.79 Å². The summed E-state index contributed by atoms with van der Waals surface area (Å²) in [7, 11) is 0. The van der Waals surface area contributed by atoms with Crippen molar-refractivity contribution in [1.29, 1.82) is 0 Å². The zero-order valence-electron chi connectivity index (χ0n) is 8.31. The fraction of sp³-hybridized carbons (Fsp3) is 0.727. The van der Waals surface area contributed by atoms with Crippen LogP contribution in [0.15, 0.2) is 11.1 Å². The van der Waals surface area contributed by atoms with Crippen LogP contribution < -0.4 is 0 Å². The summed E-state index contributed by atoms with van der Waals surface area (Å²) in [6.07, 6.45) is 4.62. The molecule has 0 atom stereocenters. The first-order valence-corrected chi connectivity index (χ1v) is 4.94. The van der Waals surface area contributed by atoms with Crippen LogP contribution >= 0.6 is 0 Å². The van der Waals surface area contributed by atoms with Crippen molar-refractivity contribution in [2.24, 2.45) is 5.92 Å². The van der Waals surface area contributed by atoms with Crippen molar-refractivity contribution in [1.82, 2.24) is 0 Å². The number of Topliss-reactive ketones (excluding diaryl/α,β-unsaturated/α-hetero) is 1. The molecule has 0 aromatic carbocycles. The molecule has 12 heavy (non-hydrogen) atoms. The van der Waals surface area contributed by atoms with Crippen molar-refractivity contribution in [2.45, 2.75) is 46.5 Å². The SMILES string of the molecule is CCCC1=C(CCC)C1C(C)=O. The molecule has 0 bridgehead atoms. The van der Waals surface area contributed by atoms with E-state index in [0.717, 1.165) is 12.8 Å². The van der Waals surface area contributed by atoms with Crippen molar-refractivity contribution in [3.63, 3.8) is 0 Å². The lowest BCUT2D eigenvalue weighted by Crippen LogP contribution is -1.97. The molecule has 0 aromatic rings. The maximum atomic E-state index is 11.1. The number of carbonyl (C=O) groups is 1. The van der Waals surface area contributed by atoms with E-state index in [4.69, 9.17) is 0 Å². The monoisotopic (exact) mass is 166 g/mol. The van der Waals surface area contributed by atoms with Crippen LogP contribution in [0.25, 0.3) is 0 Å². The number of hydrogen-bond donors (Lipinski definition) is 0. The van der Waals surface area contributed by atoms with Gasteiger partial charge in [0.15, 0.2) is 0 Å². The maximum Gasteiger partial charge on any atom is 0.140 e. The van der Waals surface area contributed by atoms with E-state index < -0.39 is 0 Å². The van der Waals surface area contributed by atoms with Crippen molar-refractivity contribution in [3.8, 4) is 0 Å². The zero-order chi connectivity index (χ0) is 9.14. The average Bonchev–Trinajstić information content (AvgIpc) is 2.65. The van der Waals surface area contributed by atoms with Crippen LogP contribution in [-0.2, 0) is 4.79 Å². The molecule has 0 aliphatic heterocycles. The fourth-order valence-electron chi connectivity index (χ4n) is 1.96. The van der Waals surface area contributed by atoms with E-state index in [1.54, 1.807) is 6.92 Å². The third kappa shape index (κ3) is 1.77. The van der Waals surface area contributed by atoms with Crippen molar-refractivity contribution in [2.75, 3.05) is 0 Å². The van der Waals surface area contributed by atoms with Gasteiger partial charge in [-0.1, -0.05) is 37.8 Å². The molecule has 0 heterocycles. The second kappa shape index (κ2) is 3.88. The minimum Gasteiger partial charge on any atom is -0.299 e. The molecule has 1 aliphatic rings. The van der Waals surface area contributed by atoms with Gasteiger partial charge in [0, 0.05) is 0 Å². The second-order valence-electron chi connectivity index (χ2n) is 3.59. The molecule has 0 unspecified atom stereocenters. The molecule has 0 saturated carbocycles. The molecule has 1 heteroatoms. The summed E-state index contributed by atoms with van der Waals surface area (Å²) in [4.78, 5) is 11.1. The minimum absolute atomic E-state index is 0.268.